The Hall–Kier alpha value is -2.97. The molecule has 0 spiro atoms. The summed E-state index contributed by atoms with van der Waals surface area (Å²) in [6.07, 6.45) is 0. The molecule has 1 aliphatic rings. The fraction of sp³-hybridized carbons (Fsp3) is 0.409. The molecule has 1 saturated heterocycles. The fourth-order valence-electron chi connectivity index (χ4n) is 3.58. The molecule has 3 rings (SSSR count). The fourth-order valence-corrected chi connectivity index (χ4v) is 3.58. The van der Waals surface area contributed by atoms with Crippen LogP contribution in [-0.2, 0) is 4.74 Å². The van der Waals surface area contributed by atoms with Crippen LogP contribution >= 0.6 is 0 Å². The molecule has 8 nitrogen and oxygen atoms in total. The summed E-state index contributed by atoms with van der Waals surface area (Å²) in [4.78, 5) is 27.8. The summed E-state index contributed by atoms with van der Waals surface area (Å²) < 4.78 is 5.48. The quantitative estimate of drug-likeness (QED) is 0.556. The Morgan fingerprint density at radius 2 is 1.87 bits per heavy atom. The Balaban J connectivity index is 1.77. The molecule has 1 atom stereocenters. The SMILES string of the molecule is Cc1ccc(C(=O)NC[C@H](c2ccc(N(C)C)cc2)N2CCOCC2)cc1[N+](=O)[O-]. The molecule has 0 aromatic heterocycles. The lowest BCUT2D eigenvalue weighted by Gasteiger charge is -2.35. The number of nitrogens with zero attached hydrogens (tertiary/aromatic N) is 3. The van der Waals surface area contributed by atoms with Crippen LogP contribution in [-0.4, -0.2) is 62.7 Å². The summed E-state index contributed by atoms with van der Waals surface area (Å²) in [5.74, 6) is -0.318. The third-order valence-electron chi connectivity index (χ3n) is 5.40. The molecule has 2 aromatic carbocycles. The van der Waals surface area contributed by atoms with Gasteiger partial charge in [-0.25, -0.2) is 0 Å². The number of aryl methyl sites for hydroxylation is 1. The van der Waals surface area contributed by atoms with Gasteiger partial charge < -0.3 is 15.0 Å². The van der Waals surface area contributed by atoms with Gasteiger partial charge in [0, 0.05) is 56.6 Å². The number of hydrogen-bond donors (Lipinski definition) is 1. The third kappa shape index (κ3) is 5.14. The third-order valence-corrected chi connectivity index (χ3v) is 5.40. The largest absolute Gasteiger partial charge is 0.379 e. The van der Waals surface area contributed by atoms with Gasteiger partial charge in [0.25, 0.3) is 11.6 Å². The number of morpholine rings is 1. The number of carbonyl (C=O) groups excluding carboxylic acids is 1. The van der Waals surface area contributed by atoms with E-state index in [0.29, 0.717) is 25.3 Å². The van der Waals surface area contributed by atoms with Crippen LogP contribution in [0.2, 0.25) is 0 Å². The van der Waals surface area contributed by atoms with Crippen molar-refractivity contribution in [1.82, 2.24) is 10.2 Å². The minimum absolute atomic E-state index is 0.00510. The molecule has 2 aromatic rings. The molecular formula is C22H28N4O4. The van der Waals surface area contributed by atoms with Crippen molar-refractivity contribution in [3.05, 3.63) is 69.3 Å². The molecule has 1 amide bonds. The van der Waals surface area contributed by atoms with Crippen molar-refractivity contribution in [2.45, 2.75) is 13.0 Å². The topological polar surface area (TPSA) is 88.0 Å². The number of carbonyl (C=O) groups is 1. The maximum atomic E-state index is 12.7. The molecule has 160 valence electrons. The number of nitro benzene ring substituents is 1. The van der Waals surface area contributed by atoms with E-state index in [2.05, 4.69) is 34.5 Å². The second-order valence-corrected chi connectivity index (χ2v) is 7.62. The van der Waals surface area contributed by atoms with Gasteiger partial charge in [0.2, 0.25) is 0 Å². The maximum Gasteiger partial charge on any atom is 0.273 e. The monoisotopic (exact) mass is 412 g/mol. The number of hydrogen-bond acceptors (Lipinski definition) is 6. The van der Waals surface area contributed by atoms with E-state index in [1.165, 1.54) is 6.07 Å². The van der Waals surface area contributed by atoms with Gasteiger partial charge in [-0.05, 0) is 30.7 Å². The van der Waals surface area contributed by atoms with Crippen LogP contribution in [0.5, 0.6) is 0 Å². The molecule has 1 N–H and O–H groups in total. The number of rotatable bonds is 7. The van der Waals surface area contributed by atoms with E-state index in [9.17, 15) is 14.9 Å². The maximum absolute atomic E-state index is 12.7. The van der Waals surface area contributed by atoms with Gasteiger partial charge in [-0.1, -0.05) is 18.2 Å². The van der Waals surface area contributed by atoms with Crippen LogP contribution in [0.25, 0.3) is 0 Å². The van der Waals surface area contributed by atoms with Crippen LogP contribution in [0, 0.1) is 17.0 Å². The first-order valence-electron chi connectivity index (χ1n) is 9.99. The van der Waals surface area contributed by atoms with Crippen LogP contribution in [0.4, 0.5) is 11.4 Å². The summed E-state index contributed by atoms with van der Waals surface area (Å²) >= 11 is 0. The van der Waals surface area contributed by atoms with E-state index in [4.69, 9.17) is 4.74 Å². The summed E-state index contributed by atoms with van der Waals surface area (Å²) in [7, 11) is 3.99. The number of anilines is 1. The Morgan fingerprint density at radius 3 is 2.47 bits per heavy atom. The van der Waals surface area contributed by atoms with Crippen molar-refractivity contribution < 1.29 is 14.5 Å². The van der Waals surface area contributed by atoms with E-state index in [1.54, 1.807) is 19.1 Å². The first-order chi connectivity index (χ1) is 14.4. The molecule has 30 heavy (non-hydrogen) atoms. The normalized spacial score (nSPS) is 15.4. The molecule has 1 aliphatic heterocycles. The van der Waals surface area contributed by atoms with Crippen LogP contribution in [0.3, 0.4) is 0 Å². The lowest BCUT2D eigenvalue weighted by Crippen LogP contribution is -2.43. The zero-order valence-electron chi connectivity index (χ0n) is 17.6. The Kier molecular flexibility index (Phi) is 7.02. The number of amides is 1. The highest BCUT2D eigenvalue weighted by atomic mass is 16.6. The summed E-state index contributed by atoms with van der Waals surface area (Å²) in [6.45, 7) is 4.94. The molecule has 0 bridgehead atoms. The minimum atomic E-state index is -0.463. The molecular weight excluding hydrogens is 384 g/mol. The molecule has 1 fully saturated rings. The highest BCUT2D eigenvalue weighted by Crippen LogP contribution is 2.24. The molecule has 0 saturated carbocycles. The van der Waals surface area contributed by atoms with Crippen molar-refractivity contribution in [2.24, 2.45) is 0 Å². The predicted octanol–water partition coefficient (Wildman–Crippen LogP) is 2.77. The Morgan fingerprint density at radius 1 is 1.20 bits per heavy atom. The van der Waals surface area contributed by atoms with Gasteiger partial charge >= 0.3 is 0 Å². The standard InChI is InChI=1S/C22H28N4O4/c1-16-4-5-18(14-20(16)26(28)29)22(27)23-15-21(25-10-12-30-13-11-25)17-6-8-19(9-7-17)24(2)3/h4-9,14,21H,10-13,15H2,1-3H3,(H,23,27)/t21-/m1/s1. The van der Waals surface area contributed by atoms with Crippen molar-refractivity contribution in [3.8, 4) is 0 Å². The lowest BCUT2D eigenvalue weighted by molar-refractivity contribution is -0.385. The Bertz CT molecular complexity index is 893. The van der Waals surface area contributed by atoms with Gasteiger partial charge in [-0.2, -0.15) is 0 Å². The van der Waals surface area contributed by atoms with Crippen molar-refractivity contribution in [3.63, 3.8) is 0 Å². The van der Waals surface area contributed by atoms with Crippen LogP contribution in [0.1, 0.15) is 27.5 Å². The first-order valence-corrected chi connectivity index (χ1v) is 9.99. The molecule has 1 heterocycles. The number of benzene rings is 2. The molecule has 0 radical (unpaired) electrons. The van der Waals surface area contributed by atoms with Gasteiger partial charge in [0.05, 0.1) is 24.2 Å². The second-order valence-electron chi connectivity index (χ2n) is 7.62. The molecule has 8 heteroatoms. The van der Waals surface area contributed by atoms with E-state index in [0.717, 1.165) is 24.3 Å². The van der Waals surface area contributed by atoms with Crippen LogP contribution in [0.15, 0.2) is 42.5 Å². The smallest absolute Gasteiger partial charge is 0.273 e. The highest BCUT2D eigenvalue weighted by molar-refractivity contribution is 5.95. The summed E-state index contributed by atoms with van der Waals surface area (Å²) in [5.41, 5.74) is 2.99. The average Bonchev–Trinajstić information content (AvgIpc) is 2.75. The highest BCUT2D eigenvalue weighted by Gasteiger charge is 2.24. The van der Waals surface area contributed by atoms with E-state index in [-0.39, 0.29) is 23.2 Å². The van der Waals surface area contributed by atoms with Crippen molar-refractivity contribution in [2.75, 3.05) is 51.8 Å². The Labute approximate surface area is 176 Å². The van der Waals surface area contributed by atoms with Crippen molar-refractivity contribution >= 4 is 17.3 Å². The average molecular weight is 412 g/mol. The zero-order valence-corrected chi connectivity index (χ0v) is 17.6. The van der Waals surface area contributed by atoms with Crippen LogP contribution < -0.4 is 10.2 Å². The lowest BCUT2D eigenvalue weighted by atomic mass is 10.0. The summed E-state index contributed by atoms with van der Waals surface area (Å²) in [6, 6.07) is 12.8. The van der Waals surface area contributed by atoms with Gasteiger partial charge in [0.1, 0.15) is 0 Å². The van der Waals surface area contributed by atoms with Crippen molar-refractivity contribution in [1.29, 1.82) is 0 Å². The molecule has 0 unspecified atom stereocenters. The van der Waals surface area contributed by atoms with Gasteiger partial charge in [-0.3, -0.25) is 19.8 Å². The number of nitro groups is 1. The first kappa shape index (κ1) is 21.7. The second kappa shape index (κ2) is 9.69. The number of ether oxygens (including phenoxy) is 1. The molecule has 0 aliphatic carbocycles. The number of nitrogens with one attached hydrogen (secondary N) is 1. The predicted molar refractivity (Wildman–Crippen MR) is 116 cm³/mol. The zero-order chi connectivity index (χ0) is 21.7. The van der Waals surface area contributed by atoms with Gasteiger partial charge in [0.15, 0.2) is 0 Å². The van der Waals surface area contributed by atoms with E-state index < -0.39 is 4.92 Å². The minimum Gasteiger partial charge on any atom is -0.379 e. The van der Waals surface area contributed by atoms with E-state index in [1.807, 2.05) is 19.0 Å². The van der Waals surface area contributed by atoms with Gasteiger partial charge in [-0.15, -0.1) is 0 Å². The van der Waals surface area contributed by atoms with E-state index >= 15 is 0 Å². The summed E-state index contributed by atoms with van der Waals surface area (Å²) in [5, 5.41) is 14.1.